The van der Waals surface area contributed by atoms with Crippen LogP contribution in [0.15, 0.2) is 69.1 Å². The van der Waals surface area contributed by atoms with Crippen molar-refractivity contribution < 1.29 is 25.2 Å². The second-order valence-corrected chi connectivity index (χ2v) is 15.0. The maximum absolute atomic E-state index is 13.0. The van der Waals surface area contributed by atoms with Crippen molar-refractivity contribution in [1.82, 2.24) is 0 Å². The molecular formula is C34H48O6S3. The maximum atomic E-state index is 13.0. The lowest BCUT2D eigenvalue weighted by Crippen LogP contribution is -2.13. The minimum atomic E-state index is -4.17. The molecule has 0 aliphatic carbocycles. The molecule has 0 aliphatic heterocycles. The van der Waals surface area contributed by atoms with Gasteiger partial charge in [0.15, 0.2) is 11.5 Å². The highest BCUT2D eigenvalue weighted by Crippen LogP contribution is 2.36. The number of thiophene rings is 1. The largest absolute Gasteiger partial charge is 0.374 e. The summed E-state index contributed by atoms with van der Waals surface area (Å²) in [7, 11) is -8.34. The van der Waals surface area contributed by atoms with Crippen LogP contribution in [0.5, 0.6) is 11.5 Å². The first-order valence-corrected chi connectivity index (χ1v) is 19.6. The van der Waals surface area contributed by atoms with Gasteiger partial charge in [0.25, 0.3) is 0 Å². The molecule has 0 unspecified atom stereocenters. The quantitative estimate of drug-likeness (QED) is 0.0796. The van der Waals surface area contributed by atoms with Gasteiger partial charge in [-0.1, -0.05) is 115 Å². The Kier molecular flexibility index (Phi) is 15.1. The Bertz CT molecular complexity index is 1410. The van der Waals surface area contributed by atoms with Crippen LogP contribution in [0.4, 0.5) is 0 Å². The van der Waals surface area contributed by atoms with Crippen molar-refractivity contribution in [1.29, 1.82) is 0 Å². The number of aryl methyl sites for hydroxylation is 2. The fourth-order valence-corrected chi connectivity index (χ4v) is 7.58. The molecule has 3 rings (SSSR count). The van der Waals surface area contributed by atoms with Crippen LogP contribution in [0.3, 0.4) is 0 Å². The smallest absolute Gasteiger partial charge is 0.339 e. The lowest BCUT2D eigenvalue weighted by Gasteiger charge is -2.10. The highest BCUT2D eigenvalue weighted by atomic mass is 32.2. The molecule has 0 bridgehead atoms. The average molecular weight is 649 g/mol. The van der Waals surface area contributed by atoms with E-state index in [4.69, 9.17) is 8.37 Å². The fraction of sp³-hybridized carbons (Fsp3) is 0.529. The van der Waals surface area contributed by atoms with E-state index in [0.717, 1.165) is 54.6 Å². The zero-order valence-corrected chi connectivity index (χ0v) is 28.2. The van der Waals surface area contributed by atoms with E-state index < -0.39 is 20.2 Å². The molecule has 1 heterocycles. The highest BCUT2D eigenvalue weighted by molar-refractivity contribution is 7.87. The molecule has 1 aromatic heterocycles. The maximum Gasteiger partial charge on any atom is 0.339 e. The predicted octanol–water partition coefficient (Wildman–Crippen LogP) is 9.87. The molecule has 3 aromatic rings. The molecule has 0 saturated carbocycles. The predicted molar refractivity (Wildman–Crippen MR) is 176 cm³/mol. The Morgan fingerprint density at radius 1 is 0.488 bits per heavy atom. The van der Waals surface area contributed by atoms with Crippen molar-refractivity contribution in [2.75, 3.05) is 0 Å². The summed E-state index contributed by atoms with van der Waals surface area (Å²) >= 11 is 1.10. The van der Waals surface area contributed by atoms with E-state index in [9.17, 15) is 16.8 Å². The third kappa shape index (κ3) is 12.3. The summed E-state index contributed by atoms with van der Waals surface area (Å²) in [4.78, 5) is 0.0134. The highest BCUT2D eigenvalue weighted by Gasteiger charge is 2.24. The van der Waals surface area contributed by atoms with Gasteiger partial charge >= 0.3 is 20.2 Å². The number of hydrogen-bond acceptors (Lipinski definition) is 7. The summed E-state index contributed by atoms with van der Waals surface area (Å²) in [6.45, 7) is 4.42. The van der Waals surface area contributed by atoms with Gasteiger partial charge in [0.2, 0.25) is 0 Å². The van der Waals surface area contributed by atoms with E-state index in [2.05, 4.69) is 13.8 Å². The van der Waals surface area contributed by atoms with Gasteiger partial charge in [0, 0.05) is 10.8 Å². The van der Waals surface area contributed by atoms with Gasteiger partial charge in [-0.05, 0) is 61.1 Å². The molecule has 0 spiro atoms. The van der Waals surface area contributed by atoms with Gasteiger partial charge in [-0.3, -0.25) is 0 Å². The Balaban J connectivity index is 1.51. The summed E-state index contributed by atoms with van der Waals surface area (Å²) in [5, 5.41) is 2.84. The van der Waals surface area contributed by atoms with Crippen LogP contribution < -0.4 is 8.37 Å². The monoisotopic (exact) mass is 648 g/mol. The zero-order valence-electron chi connectivity index (χ0n) is 25.8. The molecule has 0 fully saturated rings. The summed E-state index contributed by atoms with van der Waals surface area (Å²) < 4.78 is 62.5. The molecule has 0 radical (unpaired) electrons. The zero-order chi connectivity index (χ0) is 31.0. The lowest BCUT2D eigenvalue weighted by atomic mass is 10.0. The third-order valence-electron chi connectivity index (χ3n) is 7.55. The number of unbranched alkanes of at least 4 members (excludes halogenated alkanes) is 12. The van der Waals surface area contributed by atoms with E-state index in [1.54, 1.807) is 12.1 Å². The Morgan fingerprint density at radius 3 is 1.16 bits per heavy atom. The number of hydrogen-bond donors (Lipinski definition) is 0. The van der Waals surface area contributed by atoms with Crippen LogP contribution in [-0.2, 0) is 33.1 Å². The van der Waals surface area contributed by atoms with Crippen LogP contribution in [0.25, 0.3) is 0 Å². The first-order chi connectivity index (χ1) is 20.7. The van der Waals surface area contributed by atoms with E-state index in [-0.39, 0.29) is 21.3 Å². The van der Waals surface area contributed by atoms with E-state index >= 15 is 0 Å². The molecule has 2 aromatic carbocycles. The minimum Gasteiger partial charge on any atom is -0.374 e. The van der Waals surface area contributed by atoms with Gasteiger partial charge in [0.1, 0.15) is 9.79 Å². The molecular weight excluding hydrogens is 601 g/mol. The Labute approximate surface area is 264 Å². The Hall–Kier alpha value is -2.36. The number of rotatable bonds is 22. The van der Waals surface area contributed by atoms with Gasteiger partial charge in [-0.25, -0.2) is 0 Å². The second-order valence-electron chi connectivity index (χ2n) is 11.2. The van der Waals surface area contributed by atoms with E-state index in [1.807, 2.05) is 12.1 Å². The normalized spacial score (nSPS) is 12.0. The summed E-state index contributed by atoms with van der Waals surface area (Å²) in [5.74, 6) is -0.313. The lowest BCUT2D eigenvalue weighted by molar-refractivity contribution is 0.451. The summed E-state index contributed by atoms with van der Waals surface area (Å²) in [5.41, 5.74) is 2.15. The molecule has 9 heteroatoms. The SMILES string of the molecule is CCCCCCCCCCc1ccc(S(=O)(=O)Oc2cscc2OS(=O)(=O)c2ccc(CCCCCCCC)cc2)cc1. The first kappa shape index (κ1) is 35.1. The van der Waals surface area contributed by atoms with Crippen molar-refractivity contribution in [3.05, 3.63) is 70.4 Å². The van der Waals surface area contributed by atoms with Crippen molar-refractivity contribution in [3.8, 4) is 11.5 Å². The molecule has 0 amide bonds. The van der Waals surface area contributed by atoms with E-state index in [1.165, 1.54) is 106 Å². The fourth-order valence-electron chi connectivity index (χ4n) is 4.95. The molecule has 238 valence electrons. The van der Waals surface area contributed by atoms with Gasteiger partial charge < -0.3 is 8.37 Å². The molecule has 0 atom stereocenters. The van der Waals surface area contributed by atoms with Gasteiger partial charge in [-0.15, -0.1) is 11.3 Å². The number of benzene rings is 2. The third-order valence-corrected chi connectivity index (χ3v) is 10.8. The van der Waals surface area contributed by atoms with Crippen LogP contribution in [-0.4, -0.2) is 16.8 Å². The topological polar surface area (TPSA) is 86.7 Å². The standard InChI is InChI=1S/C34H48O6S3/c1-3-5-7-9-11-12-14-16-18-30-21-25-32(26-22-30)43(37,38)40-34-28-41-27-33(34)39-42(35,36)31-23-19-29(20-24-31)17-15-13-10-8-6-4-2/h19-28H,3-18H2,1-2H3. The van der Waals surface area contributed by atoms with Gasteiger partial charge in [-0.2, -0.15) is 16.8 Å². The van der Waals surface area contributed by atoms with Crippen LogP contribution in [0, 0.1) is 0 Å². The summed E-state index contributed by atoms with van der Waals surface area (Å²) in [6, 6.07) is 13.3. The van der Waals surface area contributed by atoms with Crippen LogP contribution in [0.2, 0.25) is 0 Å². The molecule has 6 nitrogen and oxygen atoms in total. The van der Waals surface area contributed by atoms with Crippen molar-refractivity contribution >= 4 is 31.6 Å². The van der Waals surface area contributed by atoms with Crippen LogP contribution >= 0.6 is 11.3 Å². The van der Waals surface area contributed by atoms with Crippen molar-refractivity contribution in [3.63, 3.8) is 0 Å². The molecule has 0 saturated heterocycles. The second kappa shape index (κ2) is 18.4. The average Bonchev–Trinajstić information content (AvgIpc) is 3.41. The van der Waals surface area contributed by atoms with Gasteiger partial charge in [0.05, 0.1) is 0 Å². The first-order valence-electron chi connectivity index (χ1n) is 15.9. The molecule has 0 N–H and O–H groups in total. The van der Waals surface area contributed by atoms with Crippen molar-refractivity contribution in [2.45, 2.75) is 126 Å². The van der Waals surface area contributed by atoms with Crippen molar-refractivity contribution in [2.24, 2.45) is 0 Å². The molecule has 43 heavy (non-hydrogen) atoms. The minimum absolute atomic E-state index is 0.00582. The van der Waals surface area contributed by atoms with E-state index in [0.29, 0.717) is 0 Å². The summed E-state index contributed by atoms with van der Waals surface area (Å²) in [6.07, 6.45) is 18.9. The van der Waals surface area contributed by atoms with Crippen LogP contribution in [0.1, 0.15) is 115 Å². The Morgan fingerprint density at radius 2 is 0.814 bits per heavy atom. The molecule has 0 aliphatic rings.